The molecule has 0 radical (unpaired) electrons. The molecule has 2 fully saturated rings. The van der Waals surface area contributed by atoms with Gasteiger partial charge in [0, 0.05) is 23.7 Å². The number of allylic oxidation sites excluding steroid dienone is 1. The molecule has 4 aliphatic rings. The molecule has 1 spiro atoms. The largest absolute Gasteiger partial charge is 0.392 e. The topological polar surface area (TPSA) is 94.8 Å². The molecule has 2 bridgehead atoms. The Morgan fingerprint density at radius 3 is 2.42 bits per heavy atom. The number of aliphatic hydroxyl groups excluding tert-OH is 2. The maximum atomic E-state index is 13.3. The van der Waals surface area contributed by atoms with Crippen LogP contribution in [-0.2, 0) is 9.59 Å². The molecule has 4 aliphatic carbocycles. The molecule has 2 saturated carbocycles. The molecular formula is C19H26O5. The van der Waals surface area contributed by atoms with Crippen molar-refractivity contribution in [3.8, 4) is 0 Å². The molecular weight excluding hydrogens is 308 g/mol. The number of carbonyl (C=O) groups is 2. The first-order chi connectivity index (χ1) is 11.0. The Labute approximate surface area is 141 Å². The zero-order chi connectivity index (χ0) is 17.7. The van der Waals surface area contributed by atoms with Gasteiger partial charge < -0.3 is 15.3 Å². The molecule has 0 aromatic rings. The highest BCUT2D eigenvalue weighted by Crippen LogP contribution is 2.64. The average molecular weight is 334 g/mol. The number of fused-ring (bicyclic) bond motifs is 1. The molecule has 0 aromatic carbocycles. The summed E-state index contributed by atoms with van der Waals surface area (Å²) in [6.45, 7) is 5.50. The number of hydrogen-bond donors (Lipinski definition) is 3. The summed E-state index contributed by atoms with van der Waals surface area (Å²) in [5, 5.41) is 32.6. The van der Waals surface area contributed by atoms with Crippen LogP contribution < -0.4 is 0 Å². The summed E-state index contributed by atoms with van der Waals surface area (Å²) in [7, 11) is 0. The highest BCUT2D eigenvalue weighted by molar-refractivity contribution is 6.24. The van der Waals surface area contributed by atoms with Gasteiger partial charge in [0.1, 0.15) is 0 Å². The third-order valence-electron chi connectivity index (χ3n) is 7.27. The minimum Gasteiger partial charge on any atom is -0.392 e. The molecule has 132 valence electrons. The molecule has 4 rings (SSSR count). The fourth-order valence-electron chi connectivity index (χ4n) is 6.40. The molecule has 0 saturated heterocycles. The maximum Gasteiger partial charge on any atom is 0.170 e. The molecule has 5 heteroatoms. The van der Waals surface area contributed by atoms with Gasteiger partial charge in [-0.25, -0.2) is 0 Å². The summed E-state index contributed by atoms with van der Waals surface area (Å²) in [6.07, 6.45) is 0.196. The van der Waals surface area contributed by atoms with Gasteiger partial charge >= 0.3 is 0 Å². The van der Waals surface area contributed by atoms with Gasteiger partial charge in [-0.05, 0) is 43.6 Å². The SMILES string of the molecule is CC1(C)CC(=O)C2=C1[C@H](O)C[C@]13C[C@@](C)(O)[C@H](CC[C@H]1C2=O)[C@H]3O. The summed E-state index contributed by atoms with van der Waals surface area (Å²) < 4.78 is 0. The van der Waals surface area contributed by atoms with Crippen molar-refractivity contribution in [2.75, 3.05) is 0 Å². The second kappa shape index (κ2) is 4.57. The number of ketones is 2. The van der Waals surface area contributed by atoms with Crippen LogP contribution in [0.4, 0.5) is 0 Å². The van der Waals surface area contributed by atoms with Crippen molar-refractivity contribution in [2.24, 2.45) is 22.7 Å². The van der Waals surface area contributed by atoms with Gasteiger partial charge in [-0.15, -0.1) is 0 Å². The van der Waals surface area contributed by atoms with Crippen LogP contribution in [0, 0.1) is 22.7 Å². The second-order valence-electron chi connectivity index (χ2n) is 9.31. The fraction of sp³-hybridized carbons (Fsp3) is 0.789. The van der Waals surface area contributed by atoms with Gasteiger partial charge in [-0.2, -0.15) is 0 Å². The van der Waals surface area contributed by atoms with Gasteiger partial charge in [-0.3, -0.25) is 9.59 Å². The van der Waals surface area contributed by atoms with Crippen molar-refractivity contribution in [1.82, 2.24) is 0 Å². The highest BCUT2D eigenvalue weighted by Gasteiger charge is 2.67. The van der Waals surface area contributed by atoms with Gasteiger partial charge in [0.05, 0.1) is 23.4 Å². The van der Waals surface area contributed by atoms with Crippen molar-refractivity contribution in [1.29, 1.82) is 0 Å². The van der Waals surface area contributed by atoms with Crippen molar-refractivity contribution in [3.05, 3.63) is 11.1 Å². The van der Waals surface area contributed by atoms with E-state index in [0.717, 1.165) is 0 Å². The van der Waals surface area contributed by atoms with Crippen LogP contribution in [0.15, 0.2) is 11.1 Å². The first kappa shape index (κ1) is 16.4. The van der Waals surface area contributed by atoms with E-state index in [1.165, 1.54) is 0 Å². The lowest BCUT2D eigenvalue weighted by atomic mass is 9.61. The molecule has 3 N–H and O–H groups in total. The number of hydrogen-bond acceptors (Lipinski definition) is 5. The van der Waals surface area contributed by atoms with E-state index in [0.29, 0.717) is 24.8 Å². The minimum atomic E-state index is -1.04. The van der Waals surface area contributed by atoms with E-state index in [2.05, 4.69) is 0 Å². The number of rotatable bonds is 0. The number of Topliss-reactive ketones (excluding diaryl/α,β-unsaturated/α-hetero) is 2. The van der Waals surface area contributed by atoms with Crippen LogP contribution in [-0.4, -0.2) is 44.7 Å². The smallest absolute Gasteiger partial charge is 0.170 e. The van der Waals surface area contributed by atoms with Gasteiger partial charge in [0.2, 0.25) is 0 Å². The summed E-state index contributed by atoms with van der Waals surface area (Å²) >= 11 is 0. The van der Waals surface area contributed by atoms with Gasteiger partial charge in [0.25, 0.3) is 0 Å². The normalized spacial score (nSPS) is 49.9. The fourth-order valence-corrected chi connectivity index (χ4v) is 6.40. The van der Waals surface area contributed by atoms with Gasteiger partial charge in [-0.1, -0.05) is 13.8 Å². The third-order valence-corrected chi connectivity index (χ3v) is 7.27. The molecule has 6 atom stereocenters. The van der Waals surface area contributed by atoms with Crippen LogP contribution in [0.2, 0.25) is 0 Å². The number of aliphatic hydroxyl groups is 3. The lowest BCUT2D eigenvalue weighted by Gasteiger charge is -2.44. The summed E-state index contributed by atoms with van der Waals surface area (Å²) in [6, 6.07) is 0. The Hall–Kier alpha value is -1.04. The molecule has 0 amide bonds. The van der Waals surface area contributed by atoms with E-state index in [1.54, 1.807) is 6.92 Å². The van der Waals surface area contributed by atoms with Gasteiger partial charge in [0.15, 0.2) is 11.6 Å². The summed E-state index contributed by atoms with van der Waals surface area (Å²) in [5.41, 5.74) is -1.66. The molecule has 0 aliphatic heterocycles. The van der Waals surface area contributed by atoms with Crippen molar-refractivity contribution in [2.45, 2.75) is 70.7 Å². The van der Waals surface area contributed by atoms with E-state index in [4.69, 9.17) is 0 Å². The monoisotopic (exact) mass is 334 g/mol. The first-order valence-electron chi connectivity index (χ1n) is 8.92. The molecule has 0 heterocycles. The highest BCUT2D eigenvalue weighted by atomic mass is 16.3. The predicted octanol–water partition coefficient (Wildman–Crippen LogP) is 1.14. The van der Waals surface area contributed by atoms with E-state index < -0.39 is 34.6 Å². The number of carbonyl (C=O) groups excluding carboxylic acids is 2. The van der Waals surface area contributed by atoms with Crippen molar-refractivity contribution >= 4 is 11.6 Å². The molecule has 0 aromatic heterocycles. The minimum absolute atomic E-state index is 0.183. The Bertz CT molecular complexity index is 673. The van der Waals surface area contributed by atoms with E-state index in [-0.39, 0.29) is 35.9 Å². The van der Waals surface area contributed by atoms with Crippen LogP contribution in [0.25, 0.3) is 0 Å². The maximum absolute atomic E-state index is 13.3. The quantitative estimate of drug-likeness (QED) is 0.578. The summed E-state index contributed by atoms with van der Waals surface area (Å²) in [5.74, 6) is -1.16. The lowest BCUT2D eigenvalue weighted by Crippen LogP contribution is -2.48. The Kier molecular flexibility index (Phi) is 3.13. The Balaban J connectivity index is 1.87. The Morgan fingerprint density at radius 1 is 1.08 bits per heavy atom. The van der Waals surface area contributed by atoms with E-state index >= 15 is 0 Å². The lowest BCUT2D eigenvalue weighted by molar-refractivity contribution is -0.135. The molecule has 5 nitrogen and oxygen atoms in total. The van der Waals surface area contributed by atoms with E-state index in [1.807, 2.05) is 13.8 Å². The van der Waals surface area contributed by atoms with Crippen LogP contribution in [0.5, 0.6) is 0 Å². The zero-order valence-electron chi connectivity index (χ0n) is 14.5. The van der Waals surface area contributed by atoms with Crippen molar-refractivity contribution < 1.29 is 24.9 Å². The average Bonchev–Trinajstić information content (AvgIpc) is 2.67. The molecule has 0 unspecified atom stereocenters. The zero-order valence-corrected chi connectivity index (χ0v) is 14.5. The summed E-state index contributed by atoms with van der Waals surface area (Å²) in [4.78, 5) is 25.8. The van der Waals surface area contributed by atoms with Crippen molar-refractivity contribution in [3.63, 3.8) is 0 Å². The second-order valence-corrected chi connectivity index (χ2v) is 9.31. The Morgan fingerprint density at radius 2 is 1.75 bits per heavy atom. The van der Waals surface area contributed by atoms with E-state index in [9.17, 15) is 24.9 Å². The predicted molar refractivity (Wildman–Crippen MR) is 86.0 cm³/mol. The molecule has 24 heavy (non-hydrogen) atoms. The first-order valence-corrected chi connectivity index (χ1v) is 8.92. The standard InChI is InChI=1S/C19H26O5/c1-17(2)6-11(20)13-14(17)12(21)7-19-8-18(3,24)10(16(19)23)5-4-9(19)15(13)22/h9-10,12,16,21,23-24H,4-8H2,1-3H3/t9-,10+,12+,16+,18+,19-/m0/s1. The van der Waals surface area contributed by atoms with Crippen LogP contribution in [0.1, 0.15) is 52.9 Å². The van der Waals surface area contributed by atoms with Crippen LogP contribution in [0.3, 0.4) is 0 Å². The third kappa shape index (κ3) is 1.81. The van der Waals surface area contributed by atoms with Crippen LogP contribution >= 0.6 is 0 Å².